The van der Waals surface area contributed by atoms with Gasteiger partial charge in [-0.05, 0) is 88.6 Å². The Morgan fingerprint density at radius 3 is 2.53 bits per heavy atom. The molecule has 7 nitrogen and oxygen atoms in total. The van der Waals surface area contributed by atoms with Crippen molar-refractivity contribution in [1.82, 2.24) is 0 Å². The van der Waals surface area contributed by atoms with Crippen LogP contribution >= 0.6 is 15.9 Å². The Kier molecular flexibility index (Phi) is 9.19. The number of nitriles is 1. The molecule has 0 aliphatic carbocycles. The topological polar surface area (TPSA) is 97.7 Å². The third-order valence-electron chi connectivity index (χ3n) is 4.85. The molecule has 3 aromatic carbocycles. The highest BCUT2D eigenvalue weighted by atomic mass is 79.9. The summed E-state index contributed by atoms with van der Waals surface area (Å²) >= 11 is 3.43. The molecule has 0 aliphatic rings. The number of amides is 1. The molecule has 1 N–H and O–H groups in total. The summed E-state index contributed by atoms with van der Waals surface area (Å²) in [6, 6.07) is 17.4. The van der Waals surface area contributed by atoms with Crippen molar-refractivity contribution in [2.75, 3.05) is 19.0 Å². The number of halogens is 2. The zero-order valence-electron chi connectivity index (χ0n) is 19.5. The number of esters is 1. The molecule has 184 valence electrons. The van der Waals surface area contributed by atoms with Gasteiger partial charge in [-0.3, -0.25) is 4.79 Å². The number of nitrogens with one attached hydrogen (secondary N) is 1. The monoisotopic (exact) mass is 552 g/mol. The molecule has 1 amide bonds. The number of hydrogen-bond donors (Lipinski definition) is 1. The van der Waals surface area contributed by atoms with E-state index in [2.05, 4.69) is 21.2 Å². The van der Waals surface area contributed by atoms with E-state index in [1.54, 1.807) is 43.3 Å². The molecule has 0 bridgehead atoms. The average molecular weight is 553 g/mol. The predicted molar refractivity (Wildman–Crippen MR) is 136 cm³/mol. The van der Waals surface area contributed by atoms with Gasteiger partial charge in [0, 0.05) is 5.69 Å². The van der Waals surface area contributed by atoms with E-state index >= 15 is 0 Å². The van der Waals surface area contributed by atoms with E-state index < -0.39 is 11.9 Å². The van der Waals surface area contributed by atoms with E-state index in [-0.39, 0.29) is 24.6 Å². The maximum Gasteiger partial charge on any atom is 0.338 e. The molecule has 0 radical (unpaired) electrons. The SMILES string of the molecule is CCOC(=O)c1ccc(NC(=O)/C(C#N)=C/c2cc(Br)c(OCc3cccc(F)c3)c(OC)c2)cc1. The molecule has 0 aliphatic heterocycles. The lowest BCUT2D eigenvalue weighted by molar-refractivity contribution is -0.112. The van der Waals surface area contributed by atoms with E-state index in [0.717, 1.165) is 0 Å². The van der Waals surface area contributed by atoms with Crippen molar-refractivity contribution in [1.29, 1.82) is 5.26 Å². The Labute approximate surface area is 216 Å². The van der Waals surface area contributed by atoms with Gasteiger partial charge in [0.05, 0.1) is 23.8 Å². The Balaban J connectivity index is 1.76. The highest BCUT2D eigenvalue weighted by Crippen LogP contribution is 2.38. The van der Waals surface area contributed by atoms with Crippen molar-refractivity contribution in [2.45, 2.75) is 13.5 Å². The van der Waals surface area contributed by atoms with Crippen LogP contribution in [0.5, 0.6) is 11.5 Å². The summed E-state index contributed by atoms with van der Waals surface area (Å²) in [5.74, 6) is -0.693. The number of methoxy groups -OCH3 is 1. The predicted octanol–water partition coefficient (Wildman–Crippen LogP) is 5.90. The maximum atomic E-state index is 13.4. The molecule has 0 atom stereocenters. The van der Waals surface area contributed by atoms with Crippen LogP contribution in [-0.2, 0) is 16.1 Å². The van der Waals surface area contributed by atoms with Crippen LogP contribution in [0.3, 0.4) is 0 Å². The van der Waals surface area contributed by atoms with Crippen molar-refractivity contribution in [3.8, 4) is 17.6 Å². The van der Waals surface area contributed by atoms with Crippen molar-refractivity contribution in [3.05, 3.63) is 93.2 Å². The summed E-state index contributed by atoms with van der Waals surface area (Å²) < 4.78 is 30.1. The molecule has 0 saturated carbocycles. The summed E-state index contributed by atoms with van der Waals surface area (Å²) in [7, 11) is 1.46. The second kappa shape index (κ2) is 12.5. The van der Waals surface area contributed by atoms with Gasteiger partial charge >= 0.3 is 5.97 Å². The standard InChI is InChI=1S/C27H22BrFN2O5/c1-3-35-27(33)19-7-9-22(10-8-19)31-26(32)20(15-30)11-18-13-23(28)25(24(14-18)34-2)36-16-17-5-4-6-21(29)12-17/h4-14H,3,16H2,1-2H3,(H,31,32)/b20-11+. The number of benzene rings is 3. The van der Waals surface area contributed by atoms with E-state index in [4.69, 9.17) is 14.2 Å². The van der Waals surface area contributed by atoms with Crippen LogP contribution in [-0.4, -0.2) is 25.6 Å². The van der Waals surface area contributed by atoms with Gasteiger partial charge in [0.15, 0.2) is 11.5 Å². The molecule has 0 heterocycles. The quantitative estimate of drug-likeness (QED) is 0.201. The van der Waals surface area contributed by atoms with Crippen molar-refractivity contribution >= 4 is 39.6 Å². The smallest absolute Gasteiger partial charge is 0.338 e. The Morgan fingerprint density at radius 1 is 1.14 bits per heavy atom. The molecular weight excluding hydrogens is 531 g/mol. The van der Waals surface area contributed by atoms with E-state index in [1.165, 1.54) is 37.5 Å². The van der Waals surface area contributed by atoms with Crippen LogP contribution in [0.15, 0.2) is 70.7 Å². The summed E-state index contributed by atoms with van der Waals surface area (Å²) in [4.78, 5) is 24.4. The molecule has 0 unspecified atom stereocenters. The van der Waals surface area contributed by atoms with Gasteiger partial charge in [-0.1, -0.05) is 12.1 Å². The highest BCUT2D eigenvalue weighted by molar-refractivity contribution is 9.10. The van der Waals surface area contributed by atoms with Crippen LogP contribution < -0.4 is 14.8 Å². The number of hydrogen-bond acceptors (Lipinski definition) is 6. The fourth-order valence-electron chi connectivity index (χ4n) is 3.16. The number of nitrogens with zero attached hydrogens (tertiary/aromatic N) is 1. The molecule has 9 heteroatoms. The summed E-state index contributed by atoms with van der Waals surface area (Å²) in [6.45, 7) is 2.08. The van der Waals surface area contributed by atoms with Crippen molar-refractivity contribution < 1.29 is 28.2 Å². The molecule has 0 spiro atoms. The molecular formula is C27H22BrFN2O5. The van der Waals surface area contributed by atoms with Crippen molar-refractivity contribution in [2.24, 2.45) is 0 Å². The van der Waals surface area contributed by atoms with Crippen LogP contribution in [0.25, 0.3) is 6.08 Å². The zero-order chi connectivity index (χ0) is 26.1. The Morgan fingerprint density at radius 2 is 1.89 bits per heavy atom. The highest BCUT2D eigenvalue weighted by Gasteiger charge is 2.15. The third-order valence-corrected chi connectivity index (χ3v) is 5.44. The largest absolute Gasteiger partial charge is 0.493 e. The lowest BCUT2D eigenvalue weighted by Gasteiger charge is -2.14. The van der Waals surface area contributed by atoms with Crippen LogP contribution in [0.1, 0.15) is 28.4 Å². The first-order chi connectivity index (χ1) is 17.3. The molecule has 3 rings (SSSR count). The first-order valence-electron chi connectivity index (χ1n) is 10.8. The lowest BCUT2D eigenvalue weighted by Crippen LogP contribution is -2.13. The van der Waals surface area contributed by atoms with Gasteiger partial charge < -0.3 is 19.5 Å². The minimum absolute atomic E-state index is 0.114. The first kappa shape index (κ1) is 26.4. The van der Waals surface area contributed by atoms with Crippen molar-refractivity contribution in [3.63, 3.8) is 0 Å². The average Bonchev–Trinajstić information content (AvgIpc) is 2.86. The van der Waals surface area contributed by atoms with Gasteiger partial charge in [-0.25, -0.2) is 9.18 Å². The van der Waals surface area contributed by atoms with Crippen LogP contribution in [0.2, 0.25) is 0 Å². The van der Waals surface area contributed by atoms with Crippen LogP contribution in [0.4, 0.5) is 10.1 Å². The van der Waals surface area contributed by atoms with Gasteiger partial charge in [0.25, 0.3) is 5.91 Å². The number of carbonyl (C=O) groups excluding carboxylic acids is 2. The van der Waals surface area contributed by atoms with E-state index in [9.17, 15) is 19.2 Å². The van der Waals surface area contributed by atoms with Gasteiger partial charge in [0.1, 0.15) is 24.1 Å². The van der Waals surface area contributed by atoms with Crippen LogP contribution in [0, 0.1) is 17.1 Å². The zero-order valence-corrected chi connectivity index (χ0v) is 21.1. The fourth-order valence-corrected chi connectivity index (χ4v) is 3.74. The van der Waals surface area contributed by atoms with Gasteiger partial charge in [0.2, 0.25) is 0 Å². The molecule has 0 fully saturated rings. The third kappa shape index (κ3) is 6.93. The number of rotatable bonds is 9. The van der Waals surface area contributed by atoms with Gasteiger partial charge in [-0.2, -0.15) is 5.26 Å². The molecule has 3 aromatic rings. The second-order valence-corrected chi connectivity index (χ2v) is 8.23. The first-order valence-corrected chi connectivity index (χ1v) is 11.6. The number of anilines is 1. The number of ether oxygens (including phenoxy) is 3. The Bertz CT molecular complexity index is 1330. The van der Waals surface area contributed by atoms with E-state index in [1.807, 2.05) is 6.07 Å². The van der Waals surface area contributed by atoms with Gasteiger partial charge in [-0.15, -0.1) is 0 Å². The summed E-state index contributed by atoms with van der Waals surface area (Å²) in [6.07, 6.45) is 1.41. The minimum Gasteiger partial charge on any atom is -0.493 e. The molecule has 0 saturated heterocycles. The minimum atomic E-state index is -0.622. The molecule has 0 aromatic heterocycles. The second-order valence-electron chi connectivity index (χ2n) is 7.37. The number of carbonyl (C=O) groups is 2. The molecule has 36 heavy (non-hydrogen) atoms. The normalized spacial score (nSPS) is 10.8. The summed E-state index contributed by atoms with van der Waals surface area (Å²) in [5.41, 5.74) is 1.77. The lowest BCUT2D eigenvalue weighted by atomic mass is 10.1. The van der Waals surface area contributed by atoms with E-state index in [0.29, 0.717) is 38.3 Å². The Hall–Kier alpha value is -4.16. The fraction of sp³-hybridized carbons (Fsp3) is 0.148. The summed E-state index contributed by atoms with van der Waals surface area (Å²) in [5, 5.41) is 12.2. The maximum absolute atomic E-state index is 13.4.